The summed E-state index contributed by atoms with van der Waals surface area (Å²) in [6.45, 7) is 10.2. The minimum Gasteiger partial charge on any atom is -0.490 e. The van der Waals surface area contributed by atoms with Gasteiger partial charge in [-0.1, -0.05) is 65.8 Å². The highest BCUT2D eigenvalue weighted by Gasteiger charge is 2.41. The molecule has 2 aliphatic heterocycles. The third-order valence-electron chi connectivity index (χ3n) is 7.85. The molecule has 2 aliphatic rings. The molecule has 232 valence electrons. The minimum atomic E-state index is -0.397. The van der Waals surface area contributed by atoms with Crippen molar-refractivity contribution in [1.29, 1.82) is 0 Å². The highest BCUT2D eigenvalue weighted by Crippen LogP contribution is 2.46. The molecule has 9 heteroatoms. The normalized spacial score (nSPS) is 17.1. The van der Waals surface area contributed by atoms with Crippen molar-refractivity contribution in [2.24, 2.45) is 4.99 Å². The molecule has 0 bridgehead atoms. The molecule has 0 aliphatic carbocycles. The number of halogens is 1. The fraction of sp³-hybridized carbons (Fsp3) is 0.278. The smallest absolute Gasteiger partial charge is 0.338 e. The van der Waals surface area contributed by atoms with Crippen molar-refractivity contribution in [3.63, 3.8) is 0 Å². The molecule has 3 heterocycles. The molecule has 0 saturated carbocycles. The number of hydrogen-bond donors (Lipinski definition) is 0. The number of benzene rings is 3. The molecule has 0 amide bonds. The number of aromatic nitrogens is 1. The van der Waals surface area contributed by atoms with Crippen LogP contribution in [0, 0.1) is 0 Å². The van der Waals surface area contributed by atoms with E-state index in [9.17, 15) is 4.79 Å². The van der Waals surface area contributed by atoms with Crippen molar-refractivity contribution in [3.05, 3.63) is 111 Å². The fourth-order valence-corrected chi connectivity index (χ4v) is 7.21. The topological polar surface area (TPSA) is 65.3 Å². The summed E-state index contributed by atoms with van der Waals surface area (Å²) in [5, 5.41) is 2.77. The van der Waals surface area contributed by atoms with Gasteiger partial charge in [-0.3, -0.25) is 0 Å². The quantitative estimate of drug-likeness (QED) is 0.162. The van der Waals surface area contributed by atoms with Crippen molar-refractivity contribution < 1.29 is 19.0 Å². The first-order chi connectivity index (χ1) is 21.9. The molecule has 1 saturated heterocycles. The Morgan fingerprint density at radius 1 is 1.00 bits per heavy atom. The van der Waals surface area contributed by atoms with Gasteiger partial charge >= 0.3 is 5.97 Å². The van der Waals surface area contributed by atoms with Gasteiger partial charge < -0.3 is 23.7 Å². The summed E-state index contributed by atoms with van der Waals surface area (Å²) in [7, 11) is 0. The van der Waals surface area contributed by atoms with Crippen LogP contribution in [0.2, 0.25) is 5.02 Å². The minimum absolute atomic E-state index is 0.282. The van der Waals surface area contributed by atoms with Crippen molar-refractivity contribution >= 4 is 51.5 Å². The lowest BCUT2D eigenvalue weighted by Crippen LogP contribution is -2.36. The SMILES string of the molecule is CCOC(=O)C1=C(C)N=C2S/C(=C\c3cn(Cc4ccccc4Cl)c4ccccc34)CN2[C@H]1c1ccc(OCC)c(OCC)c1. The molecule has 0 unspecified atom stereocenters. The number of esters is 1. The molecule has 6 rings (SSSR count). The van der Waals surface area contributed by atoms with Crippen LogP contribution < -0.4 is 9.47 Å². The van der Waals surface area contributed by atoms with Gasteiger partial charge in [-0.05, 0) is 69.2 Å². The first-order valence-electron chi connectivity index (χ1n) is 15.2. The van der Waals surface area contributed by atoms with Crippen LogP contribution in [0.15, 0.2) is 94.1 Å². The van der Waals surface area contributed by atoms with E-state index in [0.29, 0.717) is 49.1 Å². The lowest BCUT2D eigenvalue weighted by Gasteiger charge is -2.34. The zero-order valence-electron chi connectivity index (χ0n) is 25.9. The number of amidine groups is 1. The van der Waals surface area contributed by atoms with Crippen LogP contribution in [0.3, 0.4) is 0 Å². The van der Waals surface area contributed by atoms with Crippen molar-refractivity contribution in [2.45, 2.75) is 40.3 Å². The monoisotopic (exact) mass is 641 g/mol. The number of allylic oxidation sites excluding steroid dienone is 1. The third kappa shape index (κ3) is 6.22. The van der Waals surface area contributed by atoms with Gasteiger partial charge in [0.2, 0.25) is 0 Å². The average molecular weight is 642 g/mol. The molecular formula is C36H36ClN3O4S. The summed E-state index contributed by atoms with van der Waals surface area (Å²) < 4.78 is 19.6. The first-order valence-corrected chi connectivity index (χ1v) is 16.4. The predicted octanol–water partition coefficient (Wildman–Crippen LogP) is 8.48. The van der Waals surface area contributed by atoms with Gasteiger partial charge in [0, 0.05) is 39.1 Å². The van der Waals surface area contributed by atoms with E-state index in [0.717, 1.165) is 42.7 Å². The highest BCUT2D eigenvalue weighted by atomic mass is 35.5. The third-order valence-corrected chi connectivity index (χ3v) is 9.23. The van der Waals surface area contributed by atoms with Gasteiger partial charge in [0.1, 0.15) is 0 Å². The lowest BCUT2D eigenvalue weighted by atomic mass is 9.94. The second-order valence-electron chi connectivity index (χ2n) is 10.8. The Bertz CT molecular complexity index is 1840. The van der Waals surface area contributed by atoms with Crippen LogP contribution in [-0.4, -0.2) is 47.0 Å². The predicted molar refractivity (Wildman–Crippen MR) is 183 cm³/mol. The van der Waals surface area contributed by atoms with E-state index in [1.165, 1.54) is 0 Å². The summed E-state index contributed by atoms with van der Waals surface area (Å²) in [5.41, 5.74) is 5.42. The van der Waals surface area contributed by atoms with Crippen LogP contribution in [0.4, 0.5) is 0 Å². The number of nitrogens with zero attached hydrogens (tertiary/aromatic N) is 3. The Hall–Kier alpha value is -4.14. The van der Waals surface area contributed by atoms with E-state index in [1.54, 1.807) is 11.8 Å². The maximum atomic E-state index is 13.4. The summed E-state index contributed by atoms with van der Waals surface area (Å²) >= 11 is 8.15. The number of carbonyl (C=O) groups excluding carboxylic acids is 1. The molecule has 1 atom stereocenters. The maximum absolute atomic E-state index is 13.4. The largest absolute Gasteiger partial charge is 0.490 e. The number of ether oxygens (including phenoxy) is 3. The van der Waals surface area contributed by atoms with Gasteiger partial charge in [0.05, 0.1) is 43.7 Å². The van der Waals surface area contributed by atoms with E-state index >= 15 is 0 Å². The number of rotatable bonds is 10. The molecule has 1 aromatic heterocycles. The molecule has 0 radical (unpaired) electrons. The van der Waals surface area contributed by atoms with Crippen LogP contribution >= 0.6 is 23.4 Å². The van der Waals surface area contributed by atoms with Crippen molar-refractivity contribution in [2.75, 3.05) is 26.4 Å². The fourth-order valence-electron chi connectivity index (χ4n) is 5.92. The summed E-state index contributed by atoms with van der Waals surface area (Å²) in [6, 6.07) is 21.9. The number of thioether (sulfide) groups is 1. The highest BCUT2D eigenvalue weighted by molar-refractivity contribution is 8.17. The van der Waals surface area contributed by atoms with E-state index in [4.69, 9.17) is 30.8 Å². The molecule has 3 aromatic carbocycles. The summed E-state index contributed by atoms with van der Waals surface area (Å²) in [4.78, 5) is 21.6. The molecule has 4 aromatic rings. The number of aliphatic imine (C=N–C) groups is 1. The first kappa shape index (κ1) is 30.9. The maximum Gasteiger partial charge on any atom is 0.338 e. The second-order valence-corrected chi connectivity index (χ2v) is 12.3. The Morgan fingerprint density at radius 3 is 2.53 bits per heavy atom. The van der Waals surface area contributed by atoms with Crippen molar-refractivity contribution in [3.8, 4) is 11.5 Å². The molecule has 45 heavy (non-hydrogen) atoms. The Morgan fingerprint density at radius 2 is 1.76 bits per heavy atom. The number of fused-ring (bicyclic) bond motifs is 2. The number of hydrogen-bond acceptors (Lipinski definition) is 7. The Kier molecular flexibility index (Phi) is 9.24. The number of carbonyl (C=O) groups is 1. The lowest BCUT2D eigenvalue weighted by molar-refractivity contribution is -0.139. The van der Waals surface area contributed by atoms with E-state index in [2.05, 4.69) is 52.1 Å². The van der Waals surface area contributed by atoms with E-state index in [-0.39, 0.29) is 12.6 Å². The molecule has 1 fully saturated rings. The summed E-state index contributed by atoms with van der Waals surface area (Å²) in [6.07, 6.45) is 4.42. The standard InChI is InChI=1S/C36H36ClN3O4S/c1-5-42-31-17-16-24(19-32(31)43-6-2)34-33(35(41)44-7-3)23(4)38-36-40(34)22-27(45-36)18-26-21-39(30-15-11-9-13-28(26)30)20-25-12-8-10-14-29(25)37/h8-19,21,34H,5-7,20,22H2,1-4H3/b27-18-/t34-/m0/s1. The zero-order valence-corrected chi connectivity index (χ0v) is 27.5. The van der Waals surface area contributed by atoms with Gasteiger partial charge in [-0.15, -0.1) is 0 Å². The molecule has 7 nitrogen and oxygen atoms in total. The number of para-hydroxylation sites is 1. The molecular weight excluding hydrogens is 606 g/mol. The second kappa shape index (κ2) is 13.5. The van der Waals surface area contributed by atoms with Gasteiger partial charge in [-0.25, -0.2) is 9.79 Å². The Labute approximate surface area is 273 Å². The Balaban J connectivity index is 1.38. The molecule has 0 spiro atoms. The van der Waals surface area contributed by atoms with Crippen LogP contribution in [-0.2, 0) is 16.1 Å². The van der Waals surface area contributed by atoms with Crippen molar-refractivity contribution in [1.82, 2.24) is 9.47 Å². The van der Waals surface area contributed by atoms with Crippen LogP contribution in [0.1, 0.15) is 50.4 Å². The average Bonchev–Trinajstić information content (AvgIpc) is 3.59. The van der Waals surface area contributed by atoms with E-state index in [1.807, 2.05) is 64.1 Å². The van der Waals surface area contributed by atoms with Gasteiger partial charge in [-0.2, -0.15) is 0 Å². The zero-order chi connectivity index (χ0) is 31.5. The van der Waals surface area contributed by atoms with Crippen LogP contribution in [0.25, 0.3) is 17.0 Å². The van der Waals surface area contributed by atoms with Gasteiger partial charge in [0.15, 0.2) is 16.7 Å². The van der Waals surface area contributed by atoms with Crippen LogP contribution in [0.5, 0.6) is 11.5 Å². The van der Waals surface area contributed by atoms with E-state index < -0.39 is 6.04 Å². The summed E-state index contributed by atoms with van der Waals surface area (Å²) in [5.74, 6) is 0.964. The molecule has 0 N–H and O–H groups in total. The van der Waals surface area contributed by atoms with Gasteiger partial charge in [0.25, 0.3) is 0 Å².